The van der Waals surface area contributed by atoms with Gasteiger partial charge in [0, 0.05) is 11.3 Å². The average molecular weight is 315 g/mol. The van der Waals surface area contributed by atoms with E-state index in [1.807, 2.05) is 0 Å². The van der Waals surface area contributed by atoms with Crippen LogP contribution in [0.25, 0.3) is 0 Å². The number of aldehydes is 1. The van der Waals surface area contributed by atoms with Crippen LogP contribution in [0.1, 0.15) is 58.8 Å². The third-order valence-electron chi connectivity index (χ3n) is 4.08. The molecule has 0 amide bonds. The first kappa shape index (κ1) is 17.8. The van der Waals surface area contributed by atoms with E-state index in [-0.39, 0.29) is 11.9 Å². The summed E-state index contributed by atoms with van der Waals surface area (Å²) in [5.41, 5.74) is 6.09. The number of sulfone groups is 1. The Kier molecular flexibility index (Phi) is 6.45. The van der Waals surface area contributed by atoms with Crippen molar-refractivity contribution in [1.29, 1.82) is 0 Å². The summed E-state index contributed by atoms with van der Waals surface area (Å²) in [5.74, 6) is -0.521. The van der Waals surface area contributed by atoms with Gasteiger partial charge in [0.25, 0.3) is 0 Å². The van der Waals surface area contributed by atoms with E-state index in [2.05, 4.69) is 0 Å². The van der Waals surface area contributed by atoms with Gasteiger partial charge in [-0.2, -0.15) is 0 Å². The molecule has 0 aromatic carbocycles. The number of aliphatic hydroxyl groups excluding tert-OH is 1. The van der Waals surface area contributed by atoms with Crippen molar-refractivity contribution in [2.45, 2.75) is 64.0 Å². The topological polar surface area (TPSA) is 97.5 Å². The second-order valence-electron chi connectivity index (χ2n) is 5.65. The molecule has 0 saturated heterocycles. The van der Waals surface area contributed by atoms with Gasteiger partial charge in [0.15, 0.2) is 16.1 Å². The van der Waals surface area contributed by atoms with Crippen molar-refractivity contribution in [3.63, 3.8) is 0 Å². The Morgan fingerprint density at radius 3 is 2.00 bits per heavy atom. The normalized spacial score (nSPS) is 20.9. The van der Waals surface area contributed by atoms with Crippen LogP contribution in [0.5, 0.6) is 0 Å². The maximum atomic E-state index is 12.6. The van der Waals surface area contributed by atoms with Crippen molar-refractivity contribution in [3.05, 3.63) is 21.9 Å². The number of carbonyl (C=O) groups is 1. The van der Waals surface area contributed by atoms with Crippen LogP contribution in [-0.4, -0.2) is 25.1 Å². The Bertz CT molecular complexity index is 534. The molecular formula is C15H25NO4S. The van der Waals surface area contributed by atoms with E-state index in [9.17, 15) is 18.3 Å². The zero-order valence-corrected chi connectivity index (χ0v) is 13.6. The highest BCUT2D eigenvalue weighted by Gasteiger charge is 2.32. The molecule has 0 atom stereocenters. The molecular weight excluding hydrogens is 290 g/mol. The van der Waals surface area contributed by atoms with Gasteiger partial charge in [-0.05, 0) is 26.7 Å². The number of hydrogen-bond donors (Lipinski definition) is 2. The number of nitrogens with two attached hydrogens (primary N) is 1. The molecule has 21 heavy (non-hydrogen) atoms. The van der Waals surface area contributed by atoms with E-state index >= 15 is 0 Å². The standard InChI is InChI=1S/C15H25NO4S/c1-11(12(2)16)15(18)14(10-17)21(19,20)13-8-6-4-3-5-7-9-13/h10,13,18H,3-9,16H2,1-2H3/b12-11-,15-14-. The molecule has 0 aromatic heterocycles. The van der Waals surface area contributed by atoms with Gasteiger partial charge in [0.2, 0.25) is 0 Å². The quantitative estimate of drug-likeness (QED) is 0.360. The molecule has 0 spiro atoms. The van der Waals surface area contributed by atoms with Gasteiger partial charge in [0.1, 0.15) is 10.7 Å². The number of carbonyl (C=O) groups excluding carboxylic acids is 1. The predicted octanol–water partition coefficient (Wildman–Crippen LogP) is 2.74. The smallest absolute Gasteiger partial charge is 0.188 e. The van der Waals surface area contributed by atoms with Crippen molar-refractivity contribution in [2.75, 3.05) is 0 Å². The van der Waals surface area contributed by atoms with E-state index in [0.29, 0.717) is 18.5 Å². The lowest BCUT2D eigenvalue weighted by Crippen LogP contribution is -2.26. The van der Waals surface area contributed by atoms with Gasteiger partial charge in [-0.3, -0.25) is 4.79 Å². The van der Waals surface area contributed by atoms with Gasteiger partial charge in [-0.1, -0.05) is 32.1 Å². The molecule has 120 valence electrons. The predicted molar refractivity (Wildman–Crippen MR) is 83.3 cm³/mol. The van der Waals surface area contributed by atoms with Crippen LogP contribution in [0, 0.1) is 0 Å². The van der Waals surface area contributed by atoms with Crippen molar-refractivity contribution in [2.24, 2.45) is 5.73 Å². The highest BCUT2D eigenvalue weighted by Crippen LogP contribution is 2.28. The van der Waals surface area contributed by atoms with Crippen LogP contribution in [0.2, 0.25) is 0 Å². The Balaban J connectivity index is 3.21. The summed E-state index contributed by atoms with van der Waals surface area (Å²) in [6.45, 7) is 3.05. The zero-order chi connectivity index (χ0) is 16.0. The van der Waals surface area contributed by atoms with Crippen LogP contribution in [0.4, 0.5) is 0 Å². The van der Waals surface area contributed by atoms with Gasteiger partial charge in [-0.25, -0.2) is 8.42 Å². The molecule has 0 unspecified atom stereocenters. The van der Waals surface area contributed by atoms with E-state index in [1.165, 1.54) is 6.92 Å². The first-order valence-corrected chi connectivity index (χ1v) is 8.92. The molecule has 6 heteroatoms. The fourth-order valence-corrected chi connectivity index (χ4v) is 4.41. The second kappa shape index (κ2) is 7.64. The summed E-state index contributed by atoms with van der Waals surface area (Å²) >= 11 is 0. The fraction of sp³-hybridized carbons (Fsp3) is 0.667. The average Bonchev–Trinajstić information content (AvgIpc) is 2.36. The molecule has 3 N–H and O–H groups in total. The minimum absolute atomic E-state index is 0.228. The van der Waals surface area contributed by atoms with Crippen molar-refractivity contribution >= 4 is 16.1 Å². The van der Waals surface area contributed by atoms with Gasteiger partial charge in [0.05, 0.1) is 5.25 Å². The third-order valence-corrected chi connectivity index (χ3v) is 6.34. The van der Waals surface area contributed by atoms with E-state index in [0.717, 1.165) is 32.1 Å². The molecule has 0 heterocycles. The summed E-state index contributed by atoms with van der Waals surface area (Å²) in [5, 5.41) is 9.48. The number of allylic oxidation sites excluding steroid dienone is 3. The van der Waals surface area contributed by atoms with Crippen molar-refractivity contribution in [3.8, 4) is 0 Å². The minimum atomic E-state index is -3.82. The number of hydrogen-bond acceptors (Lipinski definition) is 5. The molecule has 1 rings (SSSR count). The number of aliphatic hydroxyl groups is 1. The highest BCUT2D eigenvalue weighted by molar-refractivity contribution is 7.96. The van der Waals surface area contributed by atoms with E-state index in [4.69, 9.17) is 5.73 Å². The van der Waals surface area contributed by atoms with Crippen LogP contribution in [-0.2, 0) is 14.6 Å². The minimum Gasteiger partial charge on any atom is -0.506 e. The molecule has 5 nitrogen and oxygen atoms in total. The van der Waals surface area contributed by atoms with Gasteiger partial charge in [-0.15, -0.1) is 0 Å². The summed E-state index contributed by atoms with van der Waals surface area (Å²) in [4.78, 5) is 10.7. The molecule has 0 aliphatic heterocycles. The maximum absolute atomic E-state index is 12.6. The van der Waals surface area contributed by atoms with Crippen LogP contribution >= 0.6 is 0 Å². The molecule has 0 bridgehead atoms. The largest absolute Gasteiger partial charge is 0.506 e. The summed E-state index contributed by atoms with van der Waals surface area (Å²) in [7, 11) is -3.82. The second-order valence-corrected chi connectivity index (χ2v) is 7.85. The Hall–Kier alpha value is -1.30. The van der Waals surface area contributed by atoms with Crippen molar-refractivity contribution < 1.29 is 18.3 Å². The SMILES string of the molecule is C/C(N)=C(C)/C(O)=C(\C=O)S(=O)(=O)C1CCCCCCC1. The summed E-state index contributed by atoms with van der Waals surface area (Å²) in [6.07, 6.45) is 6.13. The highest BCUT2D eigenvalue weighted by atomic mass is 32.2. The van der Waals surface area contributed by atoms with Gasteiger partial charge < -0.3 is 10.8 Å². The van der Waals surface area contributed by atoms with Crippen LogP contribution in [0.15, 0.2) is 21.9 Å². The first-order valence-electron chi connectivity index (χ1n) is 7.38. The Morgan fingerprint density at radius 1 is 1.10 bits per heavy atom. The zero-order valence-electron chi connectivity index (χ0n) is 12.8. The molecule has 1 aliphatic rings. The lowest BCUT2D eigenvalue weighted by Gasteiger charge is -2.20. The molecule has 0 aromatic rings. The first-order chi connectivity index (χ1) is 9.82. The van der Waals surface area contributed by atoms with E-state index < -0.39 is 25.8 Å². The lowest BCUT2D eigenvalue weighted by molar-refractivity contribution is -0.104. The molecule has 0 radical (unpaired) electrons. The number of rotatable bonds is 4. The van der Waals surface area contributed by atoms with Crippen molar-refractivity contribution in [1.82, 2.24) is 0 Å². The van der Waals surface area contributed by atoms with E-state index in [1.54, 1.807) is 6.92 Å². The van der Waals surface area contributed by atoms with Gasteiger partial charge >= 0.3 is 0 Å². The Morgan fingerprint density at radius 2 is 1.57 bits per heavy atom. The molecule has 1 fully saturated rings. The van der Waals surface area contributed by atoms with Crippen LogP contribution < -0.4 is 5.73 Å². The fourth-order valence-electron chi connectivity index (χ4n) is 2.54. The lowest BCUT2D eigenvalue weighted by atomic mass is 10.0. The molecule has 1 saturated carbocycles. The third kappa shape index (κ3) is 4.33. The molecule has 1 aliphatic carbocycles. The maximum Gasteiger partial charge on any atom is 0.188 e. The summed E-state index contributed by atoms with van der Waals surface area (Å²) in [6, 6.07) is 0. The summed E-state index contributed by atoms with van der Waals surface area (Å²) < 4.78 is 25.3. The Labute approximate surface area is 126 Å². The monoisotopic (exact) mass is 315 g/mol. The van der Waals surface area contributed by atoms with Crippen LogP contribution in [0.3, 0.4) is 0 Å².